The van der Waals surface area contributed by atoms with E-state index in [1.165, 1.54) is 16.8 Å². The van der Waals surface area contributed by atoms with E-state index in [9.17, 15) is 37.6 Å². The number of ether oxygens (including phenoxy) is 1. The maximum absolute atomic E-state index is 14.3. The van der Waals surface area contributed by atoms with Crippen LogP contribution in [0.15, 0.2) is 24.3 Å². The summed E-state index contributed by atoms with van der Waals surface area (Å²) in [5.74, 6) is -2.27. The lowest BCUT2D eigenvalue weighted by molar-refractivity contribution is -0.142. The Morgan fingerprint density at radius 1 is 1.00 bits per heavy atom. The summed E-state index contributed by atoms with van der Waals surface area (Å²) in [5, 5.41) is 27.7. The van der Waals surface area contributed by atoms with Gasteiger partial charge < -0.3 is 35.6 Å². The van der Waals surface area contributed by atoms with E-state index in [2.05, 4.69) is 16.0 Å². The number of likely N-dealkylation sites (N-methyl/N-ethyl adjacent to an activating group) is 1. The van der Waals surface area contributed by atoms with Crippen molar-refractivity contribution in [1.82, 2.24) is 30.1 Å². The van der Waals surface area contributed by atoms with Crippen molar-refractivity contribution in [3.05, 3.63) is 35.4 Å². The van der Waals surface area contributed by atoms with Gasteiger partial charge in [0.25, 0.3) is 0 Å². The molecule has 0 unspecified atom stereocenters. The number of fused-ring (bicyclic) bond motifs is 1. The van der Waals surface area contributed by atoms with Crippen molar-refractivity contribution in [3.63, 3.8) is 0 Å². The molecule has 5 atom stereocenters. The monoisotopic (exact) mass is 708 g/mol. The molecule has 15 nitrogen and oxygen atoms in total. The van der Waals surface area contributed by atoms with Crippen molar-refractivity contribution in [2.24, 2.45) is 10.8 Å². The molecule has 2 aliphatic rings. The average Bonchev–Trinajstić information content (AvgIpc) is 3.61. The third kappa shape index (κ3) is 10.5. The highest BCUT2D eigenvalue weighted by molar-refractivity contribution is 7.88. The van der Waals surface area contributed by atoms with Crippen molar-refractivity contribution in [2.45, 2.75) is 105 Å². The minimum atomic E-state index is -3.54. The van der Waals surface area contributed by atoms with E-state index in [-0.39, 0.29) is 25.9 Å². The number of nitrogens with zero attached hydrogens (tertiary/aromatic N) is 3. The summed E-state index contributed by atoms with van der Waals surface area (Å²) in [6.07, 6.45) is -0.226. The van der Waals surface area contributed by atoms with Crippen molar-refractivity contribution in [3.8, 4) is 0 Å². The zero-order chi connectivity index (χ0) is 37.1. The van der Waals surface area contributed by atoms with Gasteiger partial charge in [-0.05, 0) is 28.4 Å². The Morgan fingerprint density at radius 2 is 1.57 bits per heavy atom. The number of carbonyl (C=O) groups excluding carboxylic acids is 4. The van der Waals surface area contributed by atoms with Crippen LogP contribution in [-0.4, -0.2) is 120 Å². The van der Waals surface area contributed by atoms with Crippen LogP contribution in [0.4, 0.5) is 9.59 Å². The predicted octanol–water partition coefficient (Wildman–Crippen LogP) is 1.04. The van der Waals surface area contributed by atoms with Crippen molar-refractivity contribution in [1.29, 1.82) is 0 Å². The Balaban J connectivity index is 1.84. The molecule has 0 spiro atoms. The third-order valence-electron chi connectivity index (χ3n) is 9.09. The number of carbonyl (C=O) groups is 4. The van der Waals surface area contributed by atoms with Crippen LogP contribution in [-0.2, 0) is 37.4 Å². The Morgan fingerprint density at radius 3 is 2.04 bits per heavy atom. The number of benzene rings is 1. The van der Waals surface area contributed by atoms with Gasteiger partial charge in [-0.1, -0.05) is 72.7 Å². The summed E-state index contributed by atoms with van der Waals surface area (Å²) in [4.78, 5) is 57.4. The summed E-state index contributed by atoms with van der Waals surface area (Å²) in [6, 6.07) is 4.00. The fourth-order valence-corrected chi connectivity index (χ4v) is 6.21. The molecule has 2 aliphatic heterocycles. The SMILES string of the molecule is CC[C@H](NC(=O)[C@@H]1C[C@@H](OC(=O)N2Cc3ccccc3C2)CN1C(=O)[C@@H](NC(=O)N[C@H](CN(C)S(C)(=O)=O)C(C)(C)C)C(C)(C)C)B(O)O. The van der Waals surface area contributed by atoms with Gasteiger partial charge in [0.2, 0.25) is 21.8 Å². The van der Waals surface area contributed by atoms with Gasteiger partial charge in [0.1, 0.15) is 18.2 Å². The fourth-order valence-electron chi connectivity index (χ4n) is 5.79. The zero-order valence-electron chi connectivity index (χ0n) is 30.0. The molecule has 1 aromatic carbocycles. The van der Waals surface area contributed by atoms with Crippen LogP contribution in [0.25, 0.3) is 0 Å². The summed E-state index contributed by atoms with van der Waals surface area (Å²) < 4.78 is 31.2. The molecule has 0 radical (unpaired) electrons. The largest absolute Gasteiger partial charge is 0.475 e. The summed E-state index contributed by atoms with van der Waals surface area (Å²) in [7, 11) is -3.96. The first kappa shape index (κ1) is 40.0. The molecule has 49 heavy (non-hydrogen) atoms. The number of likely N-dealkylation sites (tertiary alicyclic amines) is 1. The van der Waals surface area contributed by atoms with Gasteiger partial charge in [0, 0.05) is 39.1 Å². The number of amides is 5. The van der Waals surface area contributed by atoms with E-state index in [0.717, 1.165) is 21.7 Å². The molecule has 5 N–H and O–H groups in total. The molecule has 0 saturated carbocycles. The normalized spacial score (nSPS) is 19.9. The van der Waals surface area contributed by atoms with Crippen molar-refractivity contribution in [2.75, 3.05) is 26.4 Å². The van der Waals surface area contributed by atoms with Crippen LogP contribution in [0.3, 0.4) is 0 Å². The quantitative estimate of drug-likeness (QED) is 0.209. The van der Waals surface area contributed by atoms with Crippen LogP contribution in [0.1, 0.15) is 72.4 Å². The van der Waals surface area contributed by atoms with Crippen LogP contribution >= 0.6 is 0 Å². The Labute approximate surface area is 290 Å². The summed E-state index contributed by atoms with van der Waals surface area (Å²) in [5.41, 5.74) is 0.583. The number of hydrogen-bond acceptors (Lipinski definition) is 9. The van der Waals surface area contributed by atoms with E-state index >= 15 is 0 Å². The number of rotatable bonds is 11. The summed E-state index contributed by atoms with van der Waals surface area (Å²) in [6.45, 7) is 13.0. The number of sulfonamides is 1. The highest BCUT2D eigenvalue weighted by Crippen LogP contribution is 2.29. The predicted molar refractivity (Wildman–Crippen MR) is 184 cm³/mol. The summed E-state index contributed by atoms with van der Waals surface area (Å²) >= 11 is 0. The second kappa shape index (κ2) is 15.6. The van der Waals surface area contributed by atoms with Crippen LogP contribution in [0.2, 0.25) is 0 Å². The van der Waals surface area contributed by atoms with Crippen LogP contribution < -0.4 is 16.0 Å². The van der Waals surface area contributed by atoms with E-state index in [0.29, 0.717) is 13.1 Å². The number of urea groups is 1. The molecule has 0 aliphatic carbocycles. The molecular formula is C32H53BN6O9S. The lowest BCUT2D eigenvalue weighted by Gasteiger charge is -2.37. The standard InChI is InChI=1S/C32H53BN6O9S/c1-10-25(33(44)45)35-27(40)23-15-22(48-30(43)38-16-20-13-11-12-14-21(20)17-38)18-39(23)28(41)26(32(5,6)7)36-29(42)34-24(31(2,3)4)19-37(8)49(9,46)47/h11-14,22-26,44-45H,10,15-19H2,1-9H3,(H,35,40)(H2,34,36,42)/t22-,23+,24-,25+,26-/m1/s1. The minimum absolute atomic E-state index is 0.0112. The van der Waals surface area contributed by atoms with Gasteiger partial charge in [-0.3, -0.25) is 14.5 Å². The molecule has 5 amide bonds. The third-order valence-corrected chi connectivity index (χ3v) is 10.4. The fraction of sp³-hybridized carbons (Fsp3) is 0.688. The Kier molecular flexibility index (Phi) is 12.8. The number of nitrogens with one attached hydrogen (secondary N) is 3. The average molecular weight is 709 g/mol. The zero-order valence-corrected chi connectivity index (χ0v) is 30.8. The van der Waals surface area contributed by atoms with E-state index < -0.39 is 82.1 Å². The molecule has 1 fully saturated rings. The Hall–Kier alpha value is -3.41. The van der Waals surface area contributed by atoms with E-state index in [4.69, 9.17) is 4.74 Å². The molecule has 17 heteroatoms. The first-order valence-electron chi connectivity index (χ1n) is 16.5. The second-order valence-corrected chi connectivity index (χ2v) is 17.3. The molecule has 0 aromatic heterocycles. The lowest BCUT2D eigenvalue weighted by Crippen LogP contribution is -2.62. The van der Waals surface area contributed by atoms with Gasteiger partial charge in [0.15, 0.2) is 0 Å². The van der Waals surface area contributed by atoms with Crippen molar-refractivity contribution >= 4 is 41.1 Å². The molecular weight excluding hydrogens is 655 g/mol. The molecule has 2 heterocycles. The molecule has 1 saturated heterocycles. The highest BCUT2D eigenvalue weighted by Gasteiger charge is 2.47. The molecule has 3 rings (SSSR count). The maximum atomic E-state index is 14.3. The van der Waals surface area contributed by atoms with Crippen molar-refractivity contribution < 1.29 is 42.4 Å². The molecule has 1 aromatic rings. The van der Waals surface area contributed by atoms with Crippen LogP contribution in [0, 0.1) is 10.8 Å². The van der Waals surface area contributed by atoms with Crippen LogP contribution in [0.5, 0.6) is 0 Å². The lowest BCUT2D eigenvalue weighted by atomic mass is 9.77. The van der Waals surface area contributed by atoms with Gasteiger partial charge in [-0.2, -0.15) is 0 Å². The van der Waals surface area contributed by atoms with E-state index in [1.54, 1.807) is 27.7 Å². The first-order chi connectivity index (χ1) is 22.5. The minimum Gasteiger partial charge on any atom is -0.444 e. The second-order valence-electron chi connectivity index (χ2n) is 15.2. The first-order valence-corrected chi connectivity index (χ1v) is 18.3. The van der Waals surface area contributed by atoms with E-state index in [1.807, 2.05) is 45.0 Å². The Bertz CT molecular complexity index is 1450. The van der Waals surface area contributed by atoms with Gasteiger partial charge >= 0.3 is 19.2 Å². The van der Waals surface area contributed by atoms with Gasteiger partial charge in [-0.25, -0.2) is 22.3 Å². The number of hydrogen-bond donors (Lipinski definition) is 5. The molecule has 0 bridgehead atoms. The molecule has 274 valence electrons. The van der Waals surface area contributed by atoms with Gasteiger partial charge in [0.05, 0.1) is 18.7 Å². The smallest absolute Gasteiger partial charge is 0.444 e. The topological polar surface area (TPSA) is 198 Å². The maximum Gasteiger partial charge on any atom is 0.475 e. The highest BCUT2D eigenvalue weighted by atomic mass is 32.2. The van der Waals surface area contributed by atoms with Gasteiger partial charge in [-0.15, -0.1) is 0 Å².